The molecule has 0 heteroatoms. The molecule has 9 rings (SSSR count). The van der Waals surface area contributed by atoms with Crippen molar-refractivity contribution in [2.45, 2.75) is 0 Å². The van der Waals surface area contributed by atoms with Crippen LogP contribution in [0.4, 0.5) is 0 Å². The van der Waals surface area contributed by atoms with Crippen molar-refractivity contribution in [3.63, 3.8) is 0 Å². The summed E-state index contributed by atoms with van der Waals surface area (Å²) < 4.78 is 0. The first-order valence-corrected chi connectivity index (χ1v) is 15.9. The zero-order chi connectivity index (χ0) is 30.5. The van der Waals surface area contributed by atoms with Gasteiger partial charge in [-0.3, -0.25) is 0 Å². The summed E-state index contributed by atoms with van der Waals surface area (Å²) in [6.45, 7) is 0. The fraction of sp³-hybridized carbons (Fsp3) is 0. The van der Waals surface area contributed by atoms with Gasteiger partial charge in [0.15, 0.2) is 0 Å². The largest absolute Gasteiger partial charge is 0.0616 e. The zero-order valence-corrected chi connectivity index (χ0v) is 25.3. The van der Waals surface area contributed by atoms with E-state index in [1.165, 1.54) is 87.6 Å². The Labute approximate surface area is 268 Å². The fourth-order valence-electron chi connectivity index (χ4n) is 7.34. The van der Waals surface area contributed by atoms with Crippen LogP contribution >= 0.6 is 0 Å². The summed E-state index contributed by atoms with van der Waals surface area (Å²) in [5.41, 5.74) is 10.0. The van der Waals surface area contributed by atoms with Crippen LogP contribution in [-0.2, 0) is 0 Å². The van der Waals surface area contributed by atoms with Crippen molar-refractivity contribution >= 4 is 43.1 Å². The van der Waals surface area contributed by atoms with Gasteiger partial charge in [0.25, 0.3) is 0 Å². The summed E-state index contributed by atoms with van der Waals surface area (Å²) in [6.07, 6.45) is 0. The number of fused-ring (bicyclic) bond motifs is 4. The van der Waals surface area contributed by atoms with Crippen molar-refractivity contribution in [1.82, 2.24) is 0 Å². The topological polar surface area (TPSA) is 0 Å². The van der Waals surface area contributed by atoms with E-state index in [9.17, 15) is 0 Å². The Kier molecular flexibility index (Phi) is 6.25. The molecule has 9 aromatic carbocycles. The van der Waals surface area contributed by atoms with Gasteiger partial charge in [-0.25, -0.2) is 0 Å². The van der Waals surface area contributed by atoms with Gasteiger partial charge < -0.3 is 0 Å². The lowest BCUT2D eigenvalue weighted by Crippen LogP contribution is -1.91. The lowest BCUT2D eigenvalue weighted by molar-refractivity contribution is 1.62. The van der Waals surface area contributed by atoms with Gasteiger partial charge in [-0.2, -0.15) is 0 Å². The molecule has 0 aliphatic heterocycles. The van der Waals surface area contributed by atoms with Gasteiger partial charge in [-0.15, -0.1) is 0 Å². The zero-order valence-electron chi connectivity index (χ0n) is 25.3. The molecule has 0 aromatic heterocycles. The van der Waals surface area contributed by atoms with Crippen LogP contribution in [0, 0.1) is 0 Å². The quantitative estimate of drug-likeness (QED) is 0.181. The van der Waals surface area contributed by atoms with E-state index >= 15 is 0 Å². The molecule has 46 heavy (non-hydrogen) atoms. The second-order valence-corrected chi connectivity index (χ2v) is 12.0. The minimum Gasteiger partial charge on any atom is -0.0616 e. The second kappa shape index (κ2) is 10.9. The molecular formula is C46H30. The molecule has 0 spiro atoms. The SMILES string of the molecule is c1ccc2c(-c3ccc(-c4c5ccccc5c(-c5ccc(-c6cccc7ccccc67)cc5)c5ccccc45)cc3)cccc2c1. The Hall–Kier alpha value is -5.98. The van der Waals surface area contributed by atoms with Crippen molar-refractivity contribution in [1.29, 1.82) is 0 Å². The van der Waals surface area contributed by atoms with E-state index in [0.29, 0.717) is 0 Å². The van der Waals surface area contributed by atoms with Crippen LogP contribution in [0.5, 0.6) is 0 Å². The average Bonchev–Trinajstić information content (AvgIpc) is 3.13. The maximum Gasteiger partial charge on any atom is -0.00264 e. The van der Waals surface area contributed by atoms with E-state index in [2.05, 4.69) is 182 Å². The number of hydrogen-bond donors (Lipinski definition) is 0. The van der Waals surface area contributed by atoms with Crippen LogP contribution < -0.4 is 0 Å². The van der Waals surface area contributed by atoms with Crippen LogP contribution in [0.15, 0.2) is 182 Å². The highest BCUT2D eigenvalue weighted by Gasteiger charge is 2.17. The summed E-state index contributed by atoms with van der Waals surface area (Å²) in [5.74, 6) is 0. The number of rotatable bonds is 4. The smallest absolute Gasteiger partial charge is 0.00264 e. The first-order valence-electron chi connectivity index (χ1n) is 15.9. The van der Waals surface area contributed by atoms with Crippen LogP contribution in [0.25, 0.3) is 87.6 Å². The molecule has 0 amide bonds. The van der Waals surface area contributed by atoms with Crippen molar-refractivity contribution in [3.8, 4) is 44.5 Å². The van der Waals surface area contributed by atoms with Gasteiger partial charge in [0.2, 0.25) is 0 Å². The highest BCUT2D eigenvalue weighted by atomic mass is 14.2. The lowest BCUT2D eigenvalue weighted by atomic mass is 9.85. The van der Waals surface area contributed by atoms with Gasteiger partial charge >= 0.3 is 0 Å². The van der Waals surface area contributed by atoms with E-state index in [1.807, 2.05) is 0 Å². The monoisotopic (exact) mass is 582 g/mol. The molecule has 0 bridgehead atoms. The molecule has 9 aromatic rings. The molecule has 0 unspecified atom stereocenters. The van der Waals surface area contributed by atoms with Crippen molar-refractivity contribution in [3.05, 3.63) is 182 Å². The summed E-state index contributed by atoms with van der Waals surface area (Å²) in [5, 5.41) is 10.2. The summed E-state index contributed by atoms with van der Waals surface area (Å²) in [4.78, 5) is 0. The third-order valence-electron chi connectivity index (χ3n) is 9.48. The third-order valence-corrected chi connectivity index (χ3v) is 9.48. The number of hydrogen-bond acceptors (Lipinski definition) is 0. The Balaban J connectivity index is 1.20. The molecule has 214 valence electrons. The van der Waals surface area contributed by atoms with E-state index in [1.54, 1.807) is 0 Å². The molecular weight excluding hydrogens is 553 g/mol. The first kappa shape index (κ1) is 26.4. The lowest BCUT2D eigenvalue weighted by Gasteiger charge is -2.18. The van der Waals surface area contributed by atoms with E-state index in [4.69, 9.17) is 0 Å². The third kappa shape index (κ3) is 4.30. The van der Waals surface area contributed by atoms with Gasteiger partial charge in [0.1, 0.15) is 0 Å². The Bertz CT molecular complexity index is 2300. The summed E-state index contributed by atoms with van der Waals surface area (Å²) in [7, 11) is 0. The molecule has 0 fully saturated rings. The highest BCUT2D eigenvalue weighted by Crippen LogP contribution is 2.44. The average molecular weight is 583 g/mol. The van der Waals surface area contributed by atoms with Crippen LogP contribution in [0.3, 0.4) is 0 Å². The molecule has 0 atom stereocenters. The van der Waals surface area contributed by atoms with Crippen molar-refractivity contribution < 1.29 is 0 Å². The second-order valence-electron chi connectivity index (χ2n) is 12.0. The molecule has 0 saturated heterocycles. The molecule has 0 heterocycles. The van der Waals surface area contributed by atoms with Crippen LogP contribution in [-0.4, -0.2) is 0 Å². The standard InChI is InChI=1S/C46H30/c1-3-15-37-31(11-1)13-9-21-39(37)33-23-27-35(28-24-33)45-41-17-5-7-19-43(41)46(44-20-8-6-18-42(44)45)36-29-25-34(26-30-36)40-22-10-14-32-12-2-4-16-38(32)40/h1-30H. The maximum atomic E-state index is 2.30. The number of benzene rings is 9. The van der Waals surface area contributed by atoms with Crippen LogP contribution in [0.2, 0.25) is 0 Å². The molecule has 0 aliphatic carbocycles. The molecule has 0 saturated carbocycles. The predicted molar refractivity (Wildman–Crippen MR) is 198 cm³/mol. The molecule has 0 nitrogen and oxygen atoms in total. The van der Waals surface area contributed by atoms with Gasteiger partial charge in [-0.05, 0) is 87.6 Å². The van der Waals surface area contributed by atoms with Gasteiger partial charge in [0.05, 0.1) is 0 Å². The molecule has 0 radical (unpaired) electrons. The van der Waals surface area contributed by atoms with Gasteiger partial charge in [-0.1, -0.05) is 182 Å². The summed E-state index contributed by atoms with van der Waals surface area (Å²) >= 11 is 0. The van der Waals surface area contributed by atoms with Crippen molar-refractivity contribution in [2.75, 3.05) is 0 Å². The Morgan fingerprint density at radius 1 is 0.196 bits per heavy atom. The van der Waals surface area contributed by atoms with E-state index in [-0.39, 0.29) is 0 Å². The van der Waals surface area contributed by atoms with E-state index < -0.39 is 0 Å². The van der Waals surface area contributed by atoms with Gasteiger partial charge in [0, 0.05) is 0 Å². The van der Waals surface area contributed by atoms with E-state index in [0.717, 1.165) is 0 Å². The minimum atomic E-state index is 1.23. The maximum absolute atomic E-state index is 2.30. The Morgan fingerprint density at radius 2 is 0.478 bits per heavy atom. The summed E-state index contributed by atoms with van der Waals surface area (Å²) in [6, 6.07) is 66.5. The normalized spacial score (nSPS) is 11.5. The van der Waals surface area contributed by atoms with Crippen molar-refractivity contribution in [2.24, 2.45) is 0 Å². The fourth-order valence-corrected chi connectivity index (χ4v) is 7.34. The minimum absolute atomic E-state index is 1.23. The van der Waals surface area contributed by atoms with Crippen LogP contribution in [0.1, 0.15) is 0 Å². The highest BCUT2D eigenvalue weighted by molar-refractivity contribution is 6.21. The Morgan fingerprint density at radius 3 is 0.848 bits per heavy atom. The molecule has 0 aliphatic rings. The molecule has 0 N–H and O–H groups in total. The predicted octanol–water partition coefficient (Wildman–Crippen LogP) is 13.0. The first-order chi connectivity index (χ1) is 22.8.